The number of aliphatic carboxylic acids is 1. The summed E-state index contributed by atoms with van der Waals surface area (Å²) in [5.41, 5.74) is 0.492. The fourth-order valence-electron chi connectivity index (χ4n) is 1.57. The van der Waals surface area contributed by atoms with Crippen LogP contribution >= 0.6 is 0 Å². The van der Waals surface area contributed by atoms with Gasteiger partial charge in [0.25, 0.3) is 5.91 Å². The van der Waals surface area contributed by atoms with Crippen LogP contribution in [0.15, 0.2) is 18.3 Å². The van der Waals surface area contributed by atoms with Crippen molar-refractivity contribution in [2.45, 2.75) is 13.8 Å². The van der Waals surface area contributed by atoms with E-state index in [0.717, 1.165) is 0 Å². The number of hydrogen-bond acceptors (Lipinski definition) is 4. The van der Waals surface area contributed by atoms with Gasteiger partial charge < -0.3 is 10.0 Å². The zero-order valence-electron chi connectivity index (χ0n) is 10.8. The van der Waals surface area contributed by atoms with Crippen molar-refractivity contribution in [3.8, 4) is 6.07 Å². The van der Waals surface area contributed by atoms with E-state index >= 15 is 0 Å². The molecule has 0 unspecified atom stereocenters. The van der Waals surface area contributed by atoms with Crippen LogP contribution in [0.4, 0.5) is 0 Å². The van der Waals surface area contributed by atoms with Gasteiger partial charge in [-0.15, -0.1) is 0 Å². The van der Waals surface area contributed by atoms with E-state index in [2.05, 4.69) is 4.98 Å². The highest BCUT2D eigenvalue weighted by Crippen LogP contribution is 2.06. The fraction of sp³-hybridized carbons (Fsp3) is 0.385. The van der Waals surface area contributed by atoms with Crippen molar-refractivity contribution in [2.24, 2.45) is 5.92 Å². The van der Waals surface area contributed by atoms with Crippen LogP contribution in [0, 0.1) is 17.2 Å². The second kappa shape index (κ2) is 6.50. The summed E-state index contributed by atoms with van der Waals surface area (Å²) in [6, 6.07) is 4.81. The molecule has 0 saturated carbocycles. The Kier molecular flexibility index (Phi) is 5.01. The summed E-state index contributed by atoms with van der Waals surface area (Å²) in [5.74, 6) is -1.36. The first-order valence-electron chi connectivity index (χ1n) is 5.81. The zero-order valence-corrected chi connectivity index (χ0v) is 10.8. The molecule has 1 amide bonds. The topological polar surface area (TPSA) is 94.3 Å². The lowest BCUT2D eigenvalue weighted by molar-refractivity contribution is -0.137. The molecule has 0 spiro atoms. The first kappa shape index (κ1) is 14.6. The quantitative estimate of drug-likeness (QED) is 0.857. The van der Waals surface area contributed by atoms with Gasteiger partial charge in [0.1, 0.15) is 18.3 Å². The highest BCUT2D eigenvalue weighted by molar-refractivity contribution is 5.94. The lowest BCUT2D eigenvalue weighted by Crippen LogP contribution is -2.38. The van der Waals surface area contributed by atoms with E-state index in [4.69, 9.17) is 10.4 Å². The number of amides is 1. The van der Waals surface area contributed by atoms with Gasteiger partial charge in [-0.25, -0.2) is 4.98 Å². The number of carbonyl (C=O) groups is 2. The first-order chi connectivity index (χ1) is 8.93. The normalized spacial score (nSPS) is 10.0. The van der Waals surface area contributed by atoms with Gasteiger partial charge >= 0.3 is 5.97 Å². The monoisotopic (exact) mass is 261 g/mol. The fourth-order valence-corrected chi connectivity index (χ4v) is 1.57. The van der Waals surface area contributed by atoms with E-state index in [1.165, 1.54) is 23.2 Å². The molecule has 1 rings (SSSR count). The van der Waals surface area contributed by atoms with Gasteiger partial charge in [-0.2, -0.15) is 5.26 Å². The van der Waals surface area contributed by atoms with Crippen LogP contribution in [0.1, 0.15) is 29.9 Å². The molecule has 0 aliphatic heterocycles. The maximum absolute atomic E-state index is 12.1. The molecular weight excluding hydrogens is 246 g/mol. The largest absolute Gasteiger partial charge is 0.480 e. The highest BCUT2D eigenvalue weighted by Gasteiger charge is 2.20. The zero-order chi connectivity index (χ0) is 14.4. The van der Waals surface area contributed by atoms with Gasteiger partial charge in [0.15, 0.2) is 0 Å². The standard InChI is InChI=1S/C13H15N3O3/c1-9(2)7-16(8-12(17)18)13(19)11-4-3-10(5-14)6-15-11/h3-4,6,9H,7-8H2,1-2H3,(H,17,18). The average molecular weight is 261 g/mol. The number of nitriles is 1. The Bertz CT molecular complexity index is 503. The molecule has 0 aliphatic carbocycles. The van der Waals surface area contributed by atoms with Crippen molar-refractivity contribution >= 4 is 11.9 Å². The minimum Gasteiger partial charge on any atom is -0.480 e. The van der Waals surface area contributed by atoms with Crippen molar-refractivity contribution in [1.29, 1.82) is 5.26 Å². The maximum atomic E-state index is 12.1. The number of aromatic nitrogens is 1. The molecule has 0 aliphatic rings. The van der Waals surface area contributed by atoms with Crippen molar-refractivity contribution in [1.82, 2.24) is 9.88 Å². The second-order valence-corrected chi connectivity index (χ2v) is 4.52. The lowest BCUT2D eigenvalue weighted by Gasteiger charge is -2.22. The van der Waals surface area contributed by atoms with Crippen LogP contribution in [0.5, 0.6) is 0 Å². The molecule has 100 valence electrons. The van der Waals surface area contributed by atoms with Crippen LogP contribution in [0.2, 0.25) is 0 Å². The van der Waals surface area contributed by atoms with Gasteiger partial charge in [-0.1, -0.05) is 13.8 Å². The molecule has 1 heterocycles. The van der Waals surface area contributed by atoms with Crippen LogP contribution in [0.3, 0.4) is 0 Å². The third-order valence-electron chi connectivity index (χ3n) is 2.31. The molecule has 1 N–H and O–H groups in total. The van der Waals surface area contributed by atoms with Crippen LogP contribution in [0.25, 0.3) is 0 Å². The minimum absolute atomic E-state index is 0.140. The van der Waals surface area contributed by atoms with Crippen molar-refractivity contribution in [2.75, 3.05) is 13.1 Å². The number of carbonyl (C=O) groups excluding carboxylic acids is 1. The maximum Gasteiger partial charge on any atom is 0.323 e. The minimum atomic E-state index is -1.07. The Balaban J connectivity index is 2.91. The SMILES string of the molecule is CC(C)CN(CC(=O)O)C(=O)c1ccc(C#N)cn1. The number of carboxylic acids is 1. The van der Waals surface area contributed by atoms with E-state index in [0.29, 0.717) is 12.1 Å². The molecule has 0 bridgehead atoms. The third kappa shape index (κ3) is 4.39. The van der Waals surface area contributed by atoms with Crippen LogP contribution in [-0.4, -0.2) is 40.0 Å². The number of pyridine rings is 1. The molecule has 1 aromatic heterocycles. The number of carboxylic acid groups (broad SMARTS) is 1. The summed E-state index contributed by atoms with van der Waals surface area (Å²) in [7, 11) is 0. The van der Waals surface area contributed by atoms with Crippen molar-refractivity contribution in [3.05, 3.63) is 29.6 Å². The van der Waals surface area contributed by atoms with E-state index in [-0.39, 0.29) is 18.2 Å². The Hall–Kier alpha value is -2.42. The van der Waals surface area contributed by atoms with Gasteiger partial charge in [0.05, 0.1) is 5.56 Å². The Morgan fingerprint density at radius 1 is 1.47 bits per heavy atom. The van der Waals surface area contributed by atoms with Crippen molar-refractivity contribution < 1.29 is 14.7 Å². The van der Waals surface area contributed by atoms with E-state index in [1.54, 1.807) is 0 Å². The molecular formula is C13H15N3O3. The second-order valence-electron chi connectivity index (χ2n) is 4.52. The van der Waals surface area contributed by atoms with Crippen molar-refractivity contribution in [3.63, 3.8) is 0 Å². The number of rotatable bonds is 5. The van der Waals surface area contributed by atoms with Gasteiger partial charge in [0.2, 0.25) is 0 Å². The third-order valence-corrected chi connectivity index (χ3v) is 2.31. The first-order valence-corrected chi connectivity index (χ1v) is 5.81. The molecule has 0 radical (unpaired) electrons. The summed E-state index contributed by atoms with van der Waals surface area (Å²) in [6.07, 6.45) is 1.29. The lowest BCUT2D eigenvalue weighted by atomic mass is 10.2. The Morgan fingerprint density at radius 3 is 2.58 bits per heavy atom. The predicted octanol–water partition coefficient (Wildman–Crippen LogP) is 1.14. The summed E-state index contributed by atoms with van der Waals surface area (Å²) < 4.78 is 0. The molecule has 19 heavy (non-hydrogen) atoms. The molecule has 0 fully saturated rings. The summed E-state index contributed by atoms with van der Waals surface area (Å²) >= 11 is 0. The highest BCUT2D eigenvalue weighted by atomic mass is 16.4. The summed E-state index contributed by atoms with van der Waals surface area (Å²) in [6.45, 7) is 3.77. The van der Waals surface area contributed by atoms with Gasteiger partial charge in [-0.3, -0.25) is 9.59 Å². The van der Waals surface area contributed by atoms with E-state index in [9.17, 15) is 9.59 Å². The summed E-state index contributed by atoms with van der Waals surface area (Å²) in [4.78, 5) is 28.0. The molecule has 6 nitrogen and oxygen atoms in total. The van der Waals surface area contributed by atoms with Gasteiger partial charge in [-0.05, 0) is 18.1 Å². The van der Waals surface area contributed by atoms with E-state index in [1.807, 2.05) is 19.9 Å². The molecule has 1 aromatic rings. The molecule has 6 heteroatoms. The molecule has 0 saturated heterocycles. The smallest absolute Gasteiger partial charge is 0.323 e. The molecule has 0 aromatic carbocycles. The van der Waals surface area contributed by atoms with Gasteiger partial charge in [0, 0.05) is 12.7 Å². The van der Waals surface area contributed by atoms with Crippen LogP contribution < -0.4 is 0 Å². The predicted molar refractivity (Wildman–Crippen MR) is 67.3 cm³/mol. The number of hydrogen-bond donors (Lipinski definition) is 1. The van der Waals surface area contributed by atoms with Crippen LogP contribution in [-0.2, 0) is 4.79 Å². The summed E-state index contributed by atoms with van der Waals surface area (Å²) in [5, 5.41) is 17.5. The number of nitrogens with zero attached hydrogens (tertiary/aromatic N) is 3. The Morgan fingerprint density at radius 2 is 2.16 bits per heavy atom. The molecule has 0 atom stereocenters. The average Bonchev–Trinajstić information content (AvgIpc) is 2.36. The van der Waals surface area contributed by atoms with E-state index < -0.39 is 11.9 Å². The Labute approximate surface area is 111 Å².